The normalized spacial score (nSPS) is 14.5. The van der Waals surface area contributed by atoms with Crippen molar-refractivity contribution in [3.05, 3.63) is 47.3 Å². The number of rotatable bonds is 3. The molecule has 2 heterocycles. The molecule has 7 nitrogen and oxygen atoms in total. The van der Waals surface area contributed by atoms with Crippen molar-refractivity contribution in [1.82, 2.24) is 4.98 Å². The van der Waals surface area contributed by atoms with E-state index in [9.17, 15) is 15.0 Å². The highest BCUT2D eigenvalue weighted by Gasteiger charge is 2.31. The number of ketones is 1. The zero-order chi connectivity index (χ0) is 18.4. The van der Waals surface area contributed by atoms with Gasteiger partial charge in [0.05, 0.1) is 14.2 Å². The second-order valence-corrected chi connectivity index (χ2v) is 5.77. The maximum atomic E-state index is 12.5. The molecule has 0 aliphatic carbocycles. The monoisotopic (exact) mass is 353 g/mol. The summed E-state index contributed by atoms with van der Waals surface area (Å²) in [6, 6.07) is 5.99. The lowest BCUT2D eigenvalue weighted by atomic mass is 10.1. The minimum atomic E-state index is -0.452. The van der Waals surface area contributed by atoms with Crippen molar-refractivity contribution in [2.45, 2.75) is 0 Å². The average molecular weight is 353 g/mol. The van der Waals surface area contributed by atoms with E-state index in [1.54, 1.807) is 38.6 Å². The first-order chi connectivity index (χ1) is 12.5. The summed E-state index contributed by atoms with van der Waals surface area (Å²) in [5.74, 6) is 0.366. The predicted octanol–water partition coefficient (Wildman–Crippen LogP) is 3.21. The molecule has 0 bridgehead atoms. The molecule has 4 rings (SSSR count). The smallest absolute Gasteiger partial charge is 0.235 e. The summed E-state index contributed by atoms with van der Waals surface area (Å²) in [6.45, 7) is 0. The predicted molar refractivity (Wildman–Crippen MR) is 94.1 cm³/mol. The van der Waals surface area contributed by atoms with Crippen LogP contribution < -0.4 is 14.2 Å². The maximum Gasteiger partial charge on any atom is 0.235 e. The van der Waals surface area contributed by atoms with Crippen LogP contribution in [0.25, 0.3) is 17.0 Å². The van der Waals surface area contributed by atoms with Gasteiger partial charge in [0.15, 0.2) is 17.3 Å². The molecule has 2 aromatic carbocycles. The van der Waals surface area contributed by atoms with E-state index in [1.165, 1.54) is 6.07 Å². The minimum Gasteiger partial charge on any atom is -0.508 e. The molecule has 0 radical (unpaired) electrons. The molecule has 0 saturated heterocycles. The molecule has 0 fully saturated rings. The molecule has 0 atom stereocenters. The van der Waals surface area contributed by atoms with Crippen molar-refractivity contribution in [1.29, 1.82) is 0 Å². The van der Waals surface area contributed by atoms with Gasteiger partial charge in [0, 0.05) is 40.9 Å². The number of phenols is 2. The van der Waals surface area contributed by atoms with Crippen molar-refractivity contribution < 1.29 is 29.2 Å². The Kier molecular flexibility index (Phi) is 3.50. The van der Waals surface area contributed by atoms with Crippen LogP contribution in [0.15, 0.2) is 36.2 Å². The SMILES string of the molecule is COc1cc2[nH]cc(/C=C3\Oc4cc(O)cc(O)c4C3=O)c2cc1OC. The Labute approximate surface area is 148 Å². The van der Waals surface area contributed by atoms with E-state index < -0.39 is 5.78 Å². The van der Waals surface area contributed by atoms with E-state index in [0.29, 0.717) is 17.1 Å². The number of aromatic nitrogens is 1. The van der Waals surface area contributed by atoms with Crippen LogP contribution in [0.4, 0.5) is 0 Å². The third kappa shape index (κ3) is 2.33. The van der Waals surface area contributed by atoms with E-state index in [1.807, 2.05) is 0 Å². The molecule has 132 valence electrons. The Morgan fingerprint density at radius 3 is 2.54 bits per heavy atom. The lowest BCUT2D eigenvalue weighted by Crippen LogP contribution is -1.98. The first kappa shape index (κ1) is 15.9. The van der Waals surface area contributed by atoms with Gasteiger partial charge < -0.3 is 29.4 Å². The number of carbonyl (C=O) groups is 1. The third-order valence-corrected chi connectivity index (χ3v) is 4.24. The fraction of sp³-hybridized carbons (Fsp3) is 0.105. The zero-order valence-corrected chi connectivity index (χ0v) is 14.0. The highest BCUT2D eigenvalue weighted by atomic mass is 16.5. The molecule has 26 heavy (non-hydrogen) atoms. The van der Waals surface area contributed by atoms with E-state index in [2.05, 4.69) is 4.98 Å². The molecule has 7 heteroatoms. The molecule has 1 aliphatic heterocycles. The van der Waals surface area contributed by atoms with Gasteiger partial charge in [-0.15, -0.1) is 0 Å². The van der Waals surface area contributed by atoms with E-state index >= 15 is 0 Å². The van der Waals surface area contributed by atoms with Gasteiger partial charge >= 0.3 is 0 Å². The van der Waals surface area contributed by atoms with Crippen LogP contribution in [0.2, 0.25) is 0 Å². The van der Waals surface area contributed by atoms with Crippen molar-refractivity contribution in [2.75, 3.05) is 14.2 Å². The molecule has 0 unspecified atom stereocenters. The number of benzene rings is 2. The zero-order valence-electron chi connectivity index (χ0n) is 14.0. The number of hydrogen-bond donors (Lipinski definition) is 3. The molecule has 0 saturated carbocycles. The standard InChI is InChI=1S/C19H15NO6/c1-24-14-6-11-9(8-20-12(11)7-15(14)25-2)3-17-19(23)18-13(22)4-10(21)5-16(18)26-17/h3-8,20-22H,1-2H3/b17-3-. The molecule has 0 amide bonds. The first-order valence-corrected chi connectivity index (χ1v) is 7.75. The molecular weight excluding hydrogens is 338 g/mol. The summed E-state index contributed by atoms with van der Waals surface area (Å²) >= 11 is 0. The number of H-pyrrole nitrogens is 1. The largest absolute Gasteiger partial charge is 0.508 e. The van der Waals surface area contributed by atoms with Crippen molar-refractivity contribution in [2.24, 2.45) is 0 Å². The van der Waals surface area contributed by atoms with E-state index in [0.717, 1.165) is 17.0 Å². The van der Waals surface area contributed by atoms with E-state index in [-0.39, 0.29) is 28.6 Å². The summed E-state index contributed by atoms with van der Waals surface area (Å²) in [6.07, 6.45) is 3.30. The summed E-state index contributed by atoms with van der Waals surface area (Å²) < 4.78 is 16.1. The number of carbonyl (C=O) groups excluding carboxylic acids is 1. The number of allylic oxidation sites excluding steroid dienone is 1. The number of methoxy groups -OCH3 is 2. The highest BCUT2D eigenvalue weighted by molar-refractivity contribution is 6.16. The van der Waals surface area contributed by atoms with Gasteiger partial charge in [-0.05, 0) is 12.1 Å². The van der Waals surface area contributed by atoms with Crippen molar-refractivity contribution in [3.8, 4) is 28.7 Å². The van der Waals surface area contributed by atoms with Crippen LogP contribution in [0.5, 0.6) is 28.7 Å². The Balaban J connectivity index is 1.80. The summed E-state index contributed by atoms with van der Waals surface area (Å²) in [7, 11) is 3.10. The third-order valence-electron chi connectivity index (χ3n) is 4.24. The Morgan fingerprint density at radius 2 is 1.81 bits per heavy atom. The summed E-state index contributed by atoms with van der Waals surface area (Å²) in [5, 5.41) is 20.3. The van der Waals surface area contributed by atoms with Gasteiger partial charge in [-0.2, -0.15) is 0 Å². The molecular formula is C19H15NO6. The number of aromatic hydroxyl groups is 2. The fourth-order valence-electron chi connectivity index (χ4n) is 3.01. The van der Waals surface area contributed by atoms with Gasteiger partial charge in [-0.25, -0.2) is 0 Å². The Bertz CT molecular complexity index is 1080. The van der Waals surface area contributed by atoms with Crippen molar-refractivity contribution >= 4 is 22.8 Å². The molecule has 3 N–H and O–H groups in total. The molecule has 0 spiro atoms. The van der Waals surface area contributed by atoms with Gasteiger partial charge in [-0.3, -0.25) is 4.79 Å². The van der Waals surface area contributed by atoms with Gasteiger partial charge in [0.2, 0.25) is 5.78 Å². The Hall–Kier alpha value is -3.61. The second-order valence-electron chi connectivity index (χ2n) is 5.77. The summed E-state index contributed by atoms with van der Waals surface area (Å²) in [5.41, 5.74) is 1.55. The Morgan fingerprint density at radius 1 is 1.08 bits per heavy atom. The van der Waals surface area contributed by atoms with Crippen LogP contribution in [0.3, 0.4) is 0 Å². The minimum absolute atomic E-state index is 0.0353. The molecule has 3 aromatic rings. The van der Waals surface area contributed by atoms with Crippen LogP contribution in [-0.4, -0.2) is 35.2 Å². The number of fused-ring (bicyclic) bond motifs is 2. The molecule has 1 aliphatic rings. The van der Waals surface area contributed by atoms with Gasteiger partial charge in [0.25, 0.3) is 0 Å². The van der Waals surface area contributed by atoms with Gasteiger partial charge in [0.1, 0.15) is 22.8 Å². The molecule has 1 aromatic heterocycles. The van der Waals surface area contributed by atoms with Crippen LogP contribution in [-0.2, 0) is 0 Å². The van der Waals surface area contributed by atoms with E-state index in [4.69, 9.17) is 14.2 Å². The second kappa shape index (κ2) is 5.73. The van der Waals surface area contributed by atoms with Crippen LogP contribution in [0.1, 0.15) is 15.9 Å². The number of Topliss-reactive ketones (excluding diaryl/α,β-unsaturated/α-hetero) is 1. The van der Waals surface area contributed by atoms with Crippen LogP contribution in [0, 0.1) is 0 Å². The highest BCUT2D eigenvalue weighted by Crippen LogP contribution is 2.41. The summed E-state index contributed by atoms with van der Waals surface area (Å²) in [4.78, 5) is 15.6. The van der Waals surface area contributed by atoms with Crippen LogP contribution >= 0.6 is 0 Å². The maximum absolute atomic E-state index is 12.5. The number of phenolic OH excluding ortho intramolecular Hbond substituents is 2. The average Bonchev–Trinajstić information content (AvgIpc) is 3.14. The number of hydrogen-bond acceptors (Lipinski definition) is 6. The lowest BCUT2D eigenvalue weighted by molar-refractivity contribution is 0.101. The quantitative estimate of drug-likeness (QED) is 0.625. The fourth-order valence-corrected chi connectivity index (χ4v) is 3.01. The topological polar surface area (TPSA) is 101 Å². The van der Waals surface area contributed by atoms with Crippen molar-refractivity contribution in [3.63, 3.8) is 0 Å². The lowest BCUT2D eigenvalue weighted by Gasteiger charge is -2.07. The number of nitrogens with one attached hydrogen (secondary N) is 1. The number of ether oxygens (including phenoxy) is 3. The number of aromatic amines is 1. The first-order valence-electron chi connectivity index (χ1n) is 7.75. The van der Waals surface area contributed by atoms with Gasteiger partial charge in [-0.1, -0.05) is 0 Å².